The summed E-state index contributed by atoms with van der Waals surface area (Å²) in [6.07, 6.45) is 8.54. The molecule has 70 heavy (non-hydrogen) atoms. The van der Waals surface area contributed by atoms with Gasteiger partial charge in [-0.05, 0) is 131 Å². The van der Waals surface area contributed by atoms with E-state index in [0.717, 1.165) is 77.9 Å². The van der Waals surface area contributed by atoms with E-state index >= 15 is 0 Å². The molecular weight excluding hydrogens is 853 g/mol. The quantitative estimate of drug-likeness (QED) is 0.150. The van der Waals surface area contributed by atoms with Crippen molar-refractivity contribution in [1.82, 2.24) is 0 Å². The fourth-order valence-corrected chi connectivity index (χ4v) is 8.17. The molecule has 0 bridgehead atoms. The van der Waals surface area contributed by atoms with Crippen LogP contribution in [-0.4, -0.2) is 0 Å². The van der Waals surface area contributed by atoms with Crippen LogP contribution < -0.4 is 0 Å². The van der Waals surface area contributed by atoms with Crippen molar-refractivity contribution in [3.63, 3.8) is 0 Å². The Morgan fingerprint density at radius 2 is 0.500 bits per heavy atom. The molecule has 326 valence electrons. The third-order valence-corrected chi connectivity index (χ3v) is 11.7. The highest BCUT2D eigenvalue weighted by Crippen LogP contribution is 2.45. The molecule has 10 rings (SSSR count). The molecule has 0 N–H and O–H groups in total. The number of benzene rings is 8. The maximum Gasteiger partial charge on any atom is 0.135 e. The molecule has 0 spiro atoms. The fourth-order valence-electron chi connectivity index (χ4n) is 8.17. The van der Waals surface area contributed by atoms with Gasteiger partial charge in [0.2, 0.25) is 0 Å². The normalized spacial score (nSPS) is 12.5. The first kappa shape index (κ1) is 43.8. The topological polar surface area (TPSA) is 66.0 Å². The predicted molar refractivity (Wildman–Crippen MR) is 281 cm³/mol. The van der Waals surface area contributed by atoms with Gasteiger partial charge in [0.05, 0.1) is 23.3 Å². The van der Waals surface area contributed by atoms with Crippen LogP contribution in [-0.2, 0) is 9.47 Å². The van der Waals surface area contributed by atoms with Gasteiger partial charge in [0.15, 0.2) is 0 Å². The molecule has 2 heterocycles. The monoisotopic (exact) mass is 892 g/mol. The maximum absolute atomic E-state index is 9.33. The van der Waals surface area contributed by atoms with E-state index in [2.05, 4.69) is 157 Å². The third-order valence-electron chi connectivity index (χ3n) is 11.7. The summed E-state index contributed by atoms with van der Waals surface area (Å²) in [6, 6.07) is 76.5. The molecule has 4 heteroatoms. The SMILES string of the molecule is N#Cc1ccc(C#Cc2ccc(C(=C3C=C(c4ccccc4)OC(c4ccccc4)=C3)C(=C3C=C(c4ccccc4)OC(c4ccccc4)=C3)c3ccc(C#Cc4ccc(C#N)cc4)cc3)cc2)cc1. The summed E-state index contributed by atoms with van der Waals surface area (Å²) in [5, 5.41) is 18.7. The summed E-state index contributed by atoms with van der Waals surface area (Å²) in [4.78, 5) is 0. The minimum Gasteiger partial charge on any atom is -0.456 e. The lowest BCUT2D eigenvalue weighted by molar-refractivity contribution is 0.466. The van der Waals surface area contributed by atoms with Crippen LogP contribution in [0.15, 0.2) is 254 Å². The second-order valence-corrected chi connectivity index (χ2v) is 16.4. The molecule has 0 atom stereocenters. The van der Waals surface area contributed by atoms with E-state index in [4.69, 9.17) is 9.47 Å². The number of nitrogens with zero attached hydrogens (tertiary/aromatic N) is 2. The molecule has 4 nitrogen and oxygen atoms in total. The summed E-state index contributed by atoms with van der Waals surface area (Å²) < 4.78 is 13.6. The van der Waals surface area contributed by atoms with E-state index in [1.165, 1.54) is 0 Å². The van der Waals surface area contributed by atoms with Gasteiger partial charge < -0.3 is 9.47 Å². The summed E-state index contributed by atoms with van der Waals surface area (Å²) in [5.74, 6) is 16.1. The minimum absolute atomic E-state index is 0.592. The lowest BCUT2D eigenvalue weighted by Crippen LogP contribution is -2.06. The molecule has 0 fully saturated rings. The minimum atomic E-state index is 0.592. The molecule has 8 aromatic rings. The highest BCUT2D eigenvalue weighted by Gasteiger charge is 2.25. The Morgan fingerprint density at radius 1 is 0.271 bits per heavy atom. The zero-order chi connectivity index (χ0) is 47.5. The van der Waals surface area contributed by atoms with E-state index < -0.39 is 0 Å². The van der Waals surface area contributed by atoms with E-state index in [0.29, 0.717) is 34.2 Å². The lowest BCUT2D eigenvalue weighted by atomic mass is 9.83. The average Bonchev–Trinajstić information content (AvgIpc) is 3.44. The van der Waals surface area contributed by atoms with Crippen molar-refractivity contribution < 1.29 is 9.47 Å². The second-order valence-electron chi connectivity index (χ2n) is 16.4. The molecule has 0 saturated heterocycles. The van der Waals surface area contributed by atoms with Crippen molar-refractivity contribution in [2.75, 3.05) is 0 Å². The first-order valence-corrected chi connectivity index (χ1v) is 22.8. The van der Waals surface area contributed by atoms with Crippen LogP contribution in [0.1, 0.15) is 66.8 Å². The van der Waals surface area contributed by atoms with E-state index in [-0.39, 0.29) is 0 Å². The Hall–Kier alpha value is -10.1. The van der Waals surface area contributed by atoms with Crippen LogP contribution in [0.5, 0.6) is 0 Å². The van der Waals surface area contributed by atoms with Crippen LogP contribution in [0.3, 0.4) is 0 Å². The highest BCUT2D eigenvalue weighted by atomic mass is 16.5. The first-order chi connectivity index (χ1) is 34.6. The standard InChI is InChI=1S/C66H40N2O2/c67-45-51-29-25-47(26-30-51)21-23-49-33-37-57(38-34-49)65(59-41-61(53-13-5-1-6-14-53)69-62(42-59)54-15-7-2-8-16-54)66(58-39-35-50(36-40-58)24-22-48-27-31-52(46-68)32-28-48)60-43-63(55-17-9-3-10-18-55)70-64(44-60)56-19-11-4-12-20-56/h1-20,25-44H. The highest BCUT2D eigenvalue weighted by molar-refractivity contribution is 6.12. The van der Waals surface area contributed by atoms with E-state index in [1.54, 1.807) is 24.3 Å². The number of hydrogen-bond acceptors (Lipinski definition) is 4. The van der Waals surface area contributed by atoms with Crippen LogP contribution >= 0.6 is 0 Å². The Kier molecular flexibility index (Phi) is 12.9. The molecule has 0 unspecified atom stereocenters. The van der Waals surface area contributed by atoms with Crippen molar-refractivity contribution in [3.05, 3.63) is 321 Å². The predicted octanol–water partition coefficient (Wildman–Crippen LogP) is 14.7. The molecule has 2 aliphatic heterocycles. The van der Waals surface area contributed by atoms with Gasteiger partial charge in [0.25, 0.3) is 0 Å². The molecule has 0 aliphatic carbocycles. The van der Waals surface area contributed by atoms with Gasteiger partial charge in [-0.1, -0.05) is 169 Å². The van der Waals surface area contributed by atoms with Crippen molar-refractivity contribution in [2.24, 2.45) is 0 Å². The largest absolute Gasteiger partial charge is 0.456 e. The van der Waals surface area contributed by atoms with Gasteiger partial charge in [-0.3, -0.25) is 0 Å². The van der Waals surface area contributed by atoms with Crippen molar-refractivity contribution in [1.29, 1.82) is 10.5 Å². The molecule has 0 amide bonds. The maximum atomic E-state index is 9.33. The summed E-state index contributed by atoms with van der Waals surface area (Å²) in [7, 11) is 0. The van der Waals surface area contributed by atoms with Gasteiger partial charge in [-0.25, -0.2) is 0 Å². The molecule has 0 aromatic heterocycles. The third kappa shape index (κ3) is 10.1. The number of ether oxygens (including phenoxy) is 2. The van der Waals surface area contributed by atoms with E-state index in [1.807, 2.05) is 97.1 Å². The Balaban J connectivity index is 1.24. The number of rotatable bonds is 7. The van der Waals surface area contributed by atoms with Crippen LogP contribution in [0.2, 0.25) is 0 Å². The van der Waals surface area contributed by atoms with Gasteiger partial charge in [-0.2, -0.15) is 10.5 Å². The van der Waals surface area contributed by atoms with Crippen LogP contribution in [0.25, 0.3) is 34.2 Å². The molecule has 2 aliphatic rings. The smallest absolute Gasteiger partial charge is 0.135 e. The molecule has 0 radical (unpaired) electrons. The zero-order valence-electron chi connectivity index (χ0n) is 37.8. The fraction of sp³-hybridized carbons (Fsp3) is 0. The molecular formula is C66H40N2O2. The number of hydrogen-bond donors (Lipinski definition) is 0. The van der Waals surface area contributed by atoms with Crippen molar-refractivity contribution in [2.45, 2.75) is 0 Å². The van der Waals surface area contributed by atoms with Crippen molar-refractivity contribution >= 4 is 34.2 Å². The molecule has 8 aromatic carbocycles. The summed E-state index contributed by atoms with van der Waals surface area (Å²) >= 11 is 0. The number of allylic oxidation sites excluding steroid dienone is 8. The average molecular weight is 893 g/mol. The van der Waals surface area contributed by atoms with Gasteiger partial charge >= 0.3 is 0 Å². The summed E-state index contributed by atoms with van der Waals surface area (Å²) in [5.41, 5.74) is 14.0. The Morgan fingerprint density at radius 3 is 0.743 bits per heavy atom. The number of nitriles is 2. The Bertz CT molecular complexity index is 3270. The zero-order valence-corrected chi connectivity index (χ0v) is 37.8. The Labute approximate surface area is 408 Å². The van der Waals surface area contributed by atoms with Gasteiger partial charge in [0.1, 0.15) is 23.0 Å². The van der Waals surface area contributed by atoms with Crippen molar-refractivity contribution in [3.8, 4) is 35.8 Å². The first-order valence-electron chi connectivity index (χ1n) is 22.8. The lowest BCUT2D eigenvalue weighted by Gasteiger charge is -2.26. The van der Waals surface area contributed by atoms with E-state index in [9.17, 15) is 10.5 Å². The van der Waals surface area contributed by atoms with Gasteiger partial charge in [0, 0.05) is 44.5 Å². The van der Waals surface area contributed by atoms with Crippen LogP contribution in [0, 0.1) is 46.3 Å². The van der Waals surface area contributed by atoms with Crippen LogP contribution in [0.4, 0.5) is 0 Å². The second kappa shape index (κ2) is 20.6. The van der Waals surface area contributed by atoms with Gasteiger partial charge in [-0.15, -0.1) is 0 Å². The summed E-state index contributed by atoms with van der Waals surface area (Å²) in [6.45, 7) is 0. The molecule has 0 saturated carbocycles.